The molecule has 1 fully saturated rings. The average Bonchev–Trinajstić information content (AvgIpc) is 2.75. The molecule has 17 heavy (non-hydrogen) atoms. The number of aryl methyl sites for hydroxylation is 1. The Labute approximate surface area is 101 Å². The van der Waals surface area contributed by atoms with Crippen LogP contribution in [0.4, 0.5) is 0 Å². The van der Waals surface area contributed by atoms with Crippen LogP contribution in [0.2, 0.25) is 0 Å². The van der Waals surface area contributed by atoms with Crippen LogP contribution < -0.4 is 0 Å². The van der Waals surface area contributed by atoms with E-state index >= 15 is 0 Å². The van der Waals surface area contributed by atoms with Gasteiger partial charge in [-0.25, -0.2) is 0 Å². The van der Waals surface area contributed by atoms with Gasteiger partial charge in [0.05, 0.1) is 6.10 Å². The van der Waals surface area contributed by atoms with Gasteiger partial charge in [-0.15, -0.1) is 10.2 Å². The molecule has 3 rings (SSSR count). The van der Waals surface area contributed by atoms with Gasteiger partial charge in [0.1, 0.15) is 5.82 Å². The van der Waals surface area contributed by atoms with Crippen LogP contribution in [-0.2, 0) is 11.2 Å². The molecular formula is C13H17N3O. The number of pyridine rings is 1. The predicted molar refractivity (Wildman–Crippen MR) is 65.0 cm³/mol. The fourth-order valence-electron chi connectivity index (χ4n) is 2.47. The van der Waals surface area contributed by atoms with Crippen LogP contribution in [-0.4, -0.2) is 27.3 Å². The van der Waals surface area contributed by atoms with E-state index in [1.807, 2.05) is 12.1 Å². The van der Waals surface area contributed by atoms with Crippen molar-refractivity contribution in [1.29, 1.82) is 0 Å². The van der Waals surface area contributed by atoms with E-state index in [9.17, 15) is 0 Å². The van der Waals surface area contributed by atoms with Crippen molar-refractivity contribution < 1.29 is 4.74 Å². The standard InChI is InChI=1S/C13H17N3O/c1-10-5-4-7-12-14-15-13(16(10)12)9-11-6-2-3-8-17-11/h4-5,7,11H,2-3,6,8-9H2,1H3. The molecule has 3 heterocycles. The van der Waals surface area contributed by atoms with Crippen LogP contribution in [0.1, 0.15) is 30.8 Å². The molecule has 0 N–H and O–H groups in total. The molecule has 4 heteroatoms. The van der Waals surface area contributed by atoms with Gasteiger partial charge in [0.2, 0.25) is 0 Å². The van der Waals surface area contributed by atoms with Gasteiger partial charge in [-0.2, -0.15) is 0 Å². The van der Waals surface area contributed by atoms with Crippen molar-refractivity contribution in [2.45, 2.75) is 38.7 Å². The second-order valence-corrected chi connectivity index (χ2v) is 4.67. The normalized spacial score (nSPS) is 20.9. The molecule has 0 aromatic carbocycles. The Balaban J connectivity index is 1.89. The van der Waals surface area contributed by atoms with Gasteiger partial charge in [-0.05, 0) is 38.3 Å². The first-order valence-electron chi connectivity index (χ1n) is 6.26. The summed E-state index contributed by atoms with van der Waals surface area (Å²) in [5.74, 6) is 1.02. The third-order valence-corrected chi connectivity index (χ3v) is 3.37. The third-order valence-electron chi connectivity index (χ3n) is 3.37. The van der Waals surface area contributed by atoms with Crippen molar-refractivity contribution in [2.75, 3.05) is 6.61 Å². The van der Waals surface area contributed by atoms with E-state index < -0.39 is 0 Å². The number of nitrogens with zero attached hydrogens (tertiary/aromatic N) is 3. The van der Waals surface area contributed by atoms with Gasteiger partial charge in [-0.1, -0.05) is 6.07 Å². The van der Waals surface area contributed by atoms with Crippen LogP contribution in [0, 0.1) is 6.92 Å². The molecule has 0 saturated carbocycles. The molecule has 4 nitrogen and oxygen atoms in total. The van der Waals surface area contributed by atoms with Gasteiger partial charge in [-0.3, -0.25) is 4.40 Å². The van der Waals surface area contributed by atoms with Crippen LogP contribution in [0.25, 0.3) is 5.65 Å². The molecule has 0 aliphatic carbocycles. The zero-order valence-corrected chi connectivity index (χ0v) is 10.1. The fourth-order valence-corrected chi connectivity index (χ4v) is 2.47. The van der Waals surface area contributed by atoms with Crippen LogP contribution in [0.5, 0.6) is 0 Å². The van der Waals surface area contributed by atoms with Crippen molar-refractivity contribution in [2.24, 2.45) is 0 Å². The van der Waals surface area contributed by atoms with E-state index in [1.165, 1.54) is 18.5 Å². The Hall–Kier alpha value is -1.42. The average molecular weight is 231 g/mol. The molecule has 0 amide bonds. The molecule has 0 spiro atoms. The largest absolute Gasteiger partial charge is 0.378 e. The lowest BCUT2D eigenvalue weighted by atomic mass is 10.1. The number of aromatic nitrogens is 3. The second kappa shape index (κ2) is 4.45. The SMILES string of the molecule is Cc1cccc2nnc(CC3CCCCO3)n12. The Bertz CT molecular complexity index is 514. The van der Waals surface area contributed by atoms with E-state index in [0.29, 0.717) is 6.10 Å². The Morgan fingerprint density at radius 2 is 2.29 bits per heavy atom. The van der Waals surface area contributed by atoms with Crippen molar-refractivity contribution in [1.82, 2.24) is 14.6 Å². The van der Waals surface area contributed by atoms with E-state index in [4.69, 9.17) is 4.74 Å². The minimum atomic E-state index is 0.316. The summed E-state index contributed by atoms with van der Waals surface area (Å²) in [5.41, 5.74) is 2.11. The molecule has 0 bridgehead atoms. The summed E-state index contributed by atoms with van der Waals surface area (Å²) in [5, 5.41) is 8.49. The maximum Gasteiger partial charge on any atom is 0.160 e. The van der Waals surface area contributed by atoms with Gasteiger partial charge in [0.15, 0.2) is 5.65 Å². The summed E-state index contributed by atoms with van der Waals surface area (Å²) < 4.78 is 7.88. The van der Waals surface area contributed by atoms with Crippen molar-refractivity contribution in [3.63, 3.8) is 0 Å². The summed E-state index contributed by atoms with van der Waals surface area (Å²) in [7, 11) is 0. The number of hydrogen-bond donors (Lipinski definition) is 0. The quantitative estimate of drug-likeness (QED) is 0.795. The van der Waals surface area contributed by atoms with E-state index in [2.05, 4.69) is 27.6 Å². The van der Waals surface area contributed by atoms with Crippen molar-refractivity contribution in [3.8, 4) is 0 Å². The molecule has 90 valence electrons. The molecule has 2 aromatic heterocycles. The first-order valence-corrected chi connectivity index (χ1v) is 6.26. The topological polar surface area (TPSA) is 39.4 Å². The smallest absolute Gasteiger partial charge is 0.160 e. The van der Waals surface area contributed by atoms with Crippen LogP contribution in [0.3, 0.4) is 0 Å². The maximum absolute atomic E-state index is 5.76. The highest BCUT2D eigenvalue weighted by Crippen LogP contribution is 2.17. The fraction of sp³-hybridized carbons (Fsp3) is 0.538. The molecular weight excluding hydrogens is 214 g/mol. The monoisotopic (exact) mass is 231 g/mol. The second-order valence-electron chi connectivity index (χ2n) is 4.67. The minimum Gasteiger partial charge on any atom is -0.378 e. The number of ether oxygens (including phenoxy) is 1. The lowest BCUT2D eigenvalue weighted by Gasteiger charge is -2.21. The van der Waals surface area contributed by atoms with Crippen LogP contribution >= 0.6 is 0 Å². The highest BCUT2D eigenvalue weighted by molar-refractivity contribution is 5.39. The van der Waals surface area contributed by atoms with E-state index in [0.717, 1.165) is 30.9 Å². The number of rotatable bonds is 2. The first kappa shape index (κ1) is 10.7. The Morgan fingerprint density at radius 1 is 1.35 bits per heavy atom. The van der Waals surface area contributed by atoms with E-state index in [-0.39, 0.29) is 0 Å². The maximum atomic E-state index is 5.76. The Morgan fingerprint density at radius 3 is 3.12 bits per heavy atom. The summed E-state index contributed by atoms with van der Waals surface area (Å²) in [6.45, 7) is 2.97. The number of fused-ring (bicyclic) bond motifs is 1. The zero-order chi connectivity index (χ0) is 11.7. The van der Waals surface area contributed by atoms with Gasteiger partial charge in [0.25, 0.3) is 0 Å². The molecule has 1 atom stereocenters. The summed E-state index contributed by atoms with van der Waals surface area (Å²) in [6, 6.07) is 6.09. The molecule has 1 unspecified atom stereocenters. The predicted octanol–water partition coefficient (Wildman–Crippen LogP) is 2.15. The summed E-state index contributed by atoms with van der Waals surface area (Å²) >= 11 is 0. The molecule has 1 aliphatic rings. The molecule has 1 saturated heterocycles. The van der Waals surface area contributed by atoms with Gasteiger partial charge < -0.3 is 4.74 Å². The lowest BCUT2D eigenvalue weighted by Crippen LogP contribution is -2.22. The first-order chi connectivity index (χ1) is 8.34. The van der Waals surface area contributed by atoms with Crippen molar-refractivity contribution in [3.05, 3.63) is 29.7 Å². The third kappa shape index (κ3) is 2.05. The molecule has 1 aliphatic heterocycles. The highest BCUT2D eigenvalue weighted by atomic mass is 16.5. The molecule has 2 aromatic rings. The zero-order valence-electron chi connectivity index (χ0n) is 10.1. The lowest BCUT2D eigenvalue weighted by molar-refractivity contribution is 0.0155. The Kier molecular flexibility index (Phi) is 2.81. The summed E-state index contributed by atoms with van der Waals surface area (Å²) in [6.07, 6.45) is 4.78. The highest BCUT2D eigenvalue weighted by Gasteiger charge is 2.17. The number of hydrogen-bond acceptors (Lipinski definition) is 3. The van der Waals surface area contributed by atoms with Gasteiger partial charge in [0, 0.05) is 18.7 Å². The molecule has 0 radical (unpaired) electrons. The van der Waals surface area contributed by atoms with Crippen LogP contribution in [0.15, 0.2) is 18.2 Å². The summed E-state index contributed by atoms with van der Waals surface area (Å²) in [4.78, 5) is 0. The van der Waals surface area contributed by atoms with Gasteiger partial charge >= 0.3 is 0 Å². The minimum absolute atomic E-state index is 0.316. The van der Waals surface area contributed by atoms with Crippen molar-refractivity contribution >= 4 is 5.65 Å². The van der Waals surface area contributed by atoms with E-state index in [1.54, 1.807) is 0 Å².